The summed E-state index contributed by atoms with van der Waals surface area (Å²) in [6.45, 7) is 21.1. The first kappa shape index (κ1) is 37.4. The number of hydrogen-bond donors (Lipinski definition) is 2. The Morgan fingerprint density at radius 1 is 1.05 bits per heavy atom. The lowest BCUT2D eigenvalue weighted by Gasteiger charge is -2.40. The Labute approximate surface area is 333 Å². The van der Waals surface area contributed by atoms with Gasteiger partial charge in [-0.15, -0.1) is 0 Å². The molecule has 3 aliphatic heterocycles. The second kappa shape index (κ2) is 14.3. The minimum atomic E-state index is -0.263. The van der Waals surface area contributed by atoms with Crippen LogP contribution in [0.2, 0.25) is 0 Å². The number of piperidine rings is 1. The van der Waals surface area contributed by atoms with Gasteiger partial charge in [0.15, 0.2) is 0 Å². The molecule has 0 spiro atoms. The molecule has 4 fully saturated rings. The largest absolute Gasteiger partial charge is 0.379 e. The number of allylic oxidation sites excluding steroid dienone is 1. The predicted molar refractivity (Wildman–Crippen MR) is 229 cm³/mol. The van der Waals surface area contributed by atoms with Crippen LogP contribution >= 0.6 is 0 Å². The summed E-state index contributed by atoms with van der Waals surface area (Å²) in [5.74, 6) is 1.47. The first-order valence-electron chi connectivity index (χ1n) is 21.3. The monoisotopic (exact) mass is 755 g/mol. The van der Waals surface area contributed by atoms with E-state index in [0.717, 1.165) is 101 Å². The van der Waals surface area contributed by atoms with E-state index in [2.05, 4.69) is 84.0 Å². The summed E-state index contributed by atoms with van der Waals surface area (Å²) in [4.78, 5) is 24.5. The third kappa shape index (κ3) is 7.26. The van der Waals surface area contributed by atoms with Crippen LogP contribution in [0.5, 0.6) is 0 Å². The summed E-state index contributed by atoms with van der Waals surface area (Å²) in [6.07, 6.45) is 12.7. The zero-order chi connectivity index (χ0) is 38.8. The summed E-state index contributed by atoms with van der Waals surface area (Å²) in [6, 6.07) is 14.6. The van der Waals surface area contributed by atoms with Gasteiger partial charge in [-0.25, -0.2) is 4.98 Å². The van der Waals surface area contributed by atoms with Crippen molar-refractivity contribution in [3.63, 3.8) is 0 Å². The van der Waals surface area contributed by atoms with Gasteiger partial charge in [0.1, 0.15) is 11.5 Å². The van der Waals surface area contributed by atoms with Gasteiger partial charge in [0, 0.05) is 70.3 Å². The number of likely N-dealkylation sites (tertiary alicyclic amines) is 1. The highest BCUT2D eigenvalue weighted by Gasteiger charge is 2.81. The van der Waals surface area contributed by atoms with Crippen LogP contribution < -0.4 is 15.5 Å². The van der Waals surface area contributed by atoms with E-state index in [-0.39, 0.29) is 10.6 Å². The number of nitro groups is 1. The molecule has 0 amide bonds. The van der Waals surface area contributed by atoms with Gasteiger partial charge in [-0.1, -0.05) is 56.7 Å². The van der Waals surface area contributed by atoms with Crippen LogP contribution in [0.15, 0.2) is 66.4 Å². The second-order valence-corrected chi connectivity index (χ2v) is 19.3. The highest BCUT2D eigenvalue weighted by molar-refractivity contribution is 5.83. The molecule has 1 unspecified atom stereocenters. The van der Waals surface area contributed by atoms with Crippen LogP contribution in [0.4, 0.5) is 22.9 Å². The van der Waals surface area contributed by atoms with Gasteiger partial charge < -0.3 is 20.4 Å². The molecule has 3 aliphatic carbocycles. The molecule has 2 saturated carbocycles. The van der Waals surface area contributed by atoms with Gasteiger partial charge in [0.25, 0.3) is 5.69 Å². The van der Waals surface area contributed by atoms with E-state index in [1.807, 2.05) is 23.9 Å². The van der Waals surface area contributed by atoms with E-state index in [9.17, 15) is 10.1 Å². The zero-order valence-electron chi connectivity index (χ0n) is 34.2. The fourth-order valence-corrected chi connectivity index (χ4v) is 10.8. The van der Waals surface area contributed by atoms with Gasteiger partial charge in [-0.2, -0.15) is 0 Å². The van der Waals surface area contributed by atoms with Crippen LogP contribution in [0.1, 0.15) is 93.5 Å². The van der Waals surface area contributed by atoms with E-state index >= 15 is 0 Å². The molecule has 0 radical (unpaired) electrons. The van der Waals surface area contributed by atoms with Crippen molar-refractivity contribution < 1.29 is 4.92 Å². The van der Waals surface area contributed by atoms with Crippen molar-refractivity contribution in [2.24, 2.45) is 22.2 Å². The molecule has 4 heterocycles. The van der Waals surface area contributed by atoms with Crippen molar-refractivity contribution in [2.45, 2.75) is 78.6 Å². The molecule has 6 aliphatic rings. The third-order valence-electron chi connectivity index (χ3n) is 14.6. The average molecular weight is 756 g/mol. The summed E-state index contributed by atoms with van der Waals surface area (Å²) in [5.41, 5.74) is 13.3. The molecule has 2 N–H and O–H groups in total. The maximum Gasteiger partial charge on any atom is 0.292 e. The van der Waals surface area contributed by atoms with Crippen LogP contribution in [-0.4, -0.2) is 85.7 Å². The SMILES string of the molecule is C=C(c1ccc(NCC2CCCN(C)C2)c([N+](=O)[O-])c1)c1ccc(N2CCN(CC3=C(C45CC4(C)C5)CC(C)(C)CC3)CC2)cc1Cc1cnc2c(c1)CCN2. The van der Waals surface area contributed by atoms with Crippen LogP contribution in [0.3, 0.4) is 0 Å². The number of aromatic nitrogens is 1. The van der Waals surface area contributed by atoms with Crippen molar-refractivity contribution in [1.82, 2.24) is 14.8 Å². The normalized spacial score (nSPS) is 27.0. The Bertz CT molecular complexity index is 2070. The summed E-state index contributed by atoms with van der Waals surface area (Å²) in [7, 11) is 2.15. The number of benzene rings is 2. The number of hydrogen-bond acceptors (Lipinski definition) is 8. The van der Waals surface area contributed by atoms with E-state index < -0.39 is 0 Å². The summed E-state index contributed by atoms with van der Waals surface area (Å²) >= 11 is 0. The predicted octanol–water partition coefficient (Wildman–Crippen LogP) is 8.79. The number of anilines is 3. The molecule has 1 atom stereocenters. The molecular formula is C47H61N7O2. The molecule has 0 bridgehead atoms. The maximum absolute atomic E-state index is 12.4. The van der Waals surface area contributed by atoms with Crippen molar-refractivity contribution in [3.8, 4) is 0 Å². The van der Waals surface area contributed by atoms with E-state index in [1.54, 1.807) is 11.6 Å². The molecule has 1 aromatic heterocycles. The minimum Gasteiger partial charge on any atom is -0.379 e. The van der Waals surface area contributed by atoms with Crippen LogP contribution in [0, 0.1) is 32.3 Å². The Morgan fingerprint density at radius 3 is 2.61 bits per heavy atom. The summed E-state index contributed by atoms with van der Waals surface area (Å²) in [5, 5.41) is 19.2. The van der Waals surface area contributed by atoms with E-state index in [1.165, 1.54) is 54.5 Å². The van der Waals surface area contributed by atoms with Crippen molar-refractivity contribution in [2.75, 3.05) is 81.5 Å². The van der Waals surface area contributed by atoms with Crippen molar-refractivity contribution in [1.29, 1.82) is 0 Å². The molecule has 9 heteroatoms. The number of pyridine rings is 1. The van der Waals surface area contributed by atoms with Gasteiger partial charge >= 0.3 is 0 Å². The van der Waals surface area contributed by atoms with E-state index in [0.29, 0.717) is 34.3 Å². The number of nitro benzene ring substituents is 1. The molecule has 56 heavy (non-hydrogen) atoms. The van der Waals surface area contributed by atoms with Gasteiger partial charge in [-0.3, -0.25) is 15.0 Å². The average Bonchev–Trinajstić information content (AvgIpc) is 3.86. The second-order valence-electron chi connectivity index (χ2n) is 19.3. The molecule has 296 valence electrons. The van der Waals surface area contributed by atoms with E-state index in [4.69, 9.17) is 4.98 Å². The number of nitrogens with one attached hydrogen (secondary N) is 2. The smallest absolute Gasteiger partial charge is 0.292 e. The van der Waals surface area contributed by atoms with Crippen molar-refractivity contribution in [3.05, 3.63) is 104 Å². The van der Waals surface area contributed by atoms with Gasteiger partial charge in [0.05, 0.1) is 4.92 Å². The Kier molecular flexibility index (Phi) is 9.55. The number of piperazine rings is 1. The number of rotatable bonds is 12. The number of nitrogens with zero attached hydrogens (tertiary/aromatic N) is 5. The van der Waals surface area contributed by atoms with Gasteiger partial charge in [-0.05, 0) is 145 Å². The summed E-state index contributed by atoms with van der Waals surface area (Å²) < 4.78 is 0. The lowest BCUT2D eigenvalue weighted by molar-refractivity contribution is -0.384. The molecule has 9 rings (SSSR count). The Hall–Kier alpha value is -4.21. The maximum atomic E-state index is 12.4. The highest BCUT2D eigenvalue weighted by Crippen LogP contribution is 2.90. The molecule has 3 aromatic rings. The quantitative estimate of drug-likeness (QED) is 0.108. The lowest BCUT2D eigenvalue weighted by atomic mass is 9.71. The number of fused-ring (bicyclic) bond motifs is 2. The first-order chi connectivity index (χ1) is 26.9. The van der Waals surface area contributed by atoms with Gasteiger partial charge in [0.2, 0.25) is 0 Å². The first-order valence-corrected chi connectivity index (χ1v) is 21.3. The molecule has 2 aromatic carbocycles. The minimum absolute atomic E-state index is 0.0990. The third-order valence-corrected chi connectivity index (χ3v) is 14.6. The molecule has 2 saturated heterocycles. The molecule has 9 nitrogen and oxygen atoms in total. The lowest BCUT2D eigenvalue weighted by Crippen LogP contribution is -2.47. The Morgan fingerprint density at radius 2 is 1.86 bits per heavy atom. The van der Waals surface area contributed by atoms with Crippen LogP contribution in [-0.2, 0) is 12.8 Å². The molecular weight excluding hydrogens is 695 g/mol. The van der Waals surface area contributed by atoms with Crippen LogP contribution in [0.25, 0.3) is 5.57 Å². The fraction of sp³-hybridized carbons (Fsp3) is 0.553. The fourth-order valence-electron chi connectivity index (χ4n) is 10.8. The Balaban J connectivity index is 0.939. The van der Waals surface area contributed by atoms with Crippen molar-refractivity contribution >= 4 is 28.5 Å². The standard InChI is InChI=1S/C47H61N7O2/c1-32(35-8-11-42(43(24-35)54(55)56)49-26-33-7-6-16-51(5)28-33)40-10-9-39(23-38(40)22-34-21-36-13-15-48-44(36)50-27-34)53-19-17-52(18-20-53)29-37-12-14-45(2,3)25-41(37)47-30-46(47,4)31-47/h8-11,21,23-24,27,33,49H,1,6-7,12-20,22,25-26,28-31H2,2-5H3,(H,48,50). The highest BCUT2D eigenvalue weighted by atomic mass is 16.6. The zero-order valence-corrected chi connectivity index (χ0v) is 34.2. The topological polar surface area (TPSA) is 89.8 Å².